The number of H-pyrrole nitrogens is 1. The van der Waals surface area contributed by atoms with Gasteiger partial charge in [0.2, 0.25) is 10.0 Å². The summed E-state index contributed by atoms with van der Waals surface area (Å²) in [5, 5.41) is 0.803. The maximum atomic E-state index is 11.9. The zero-order valence-electron chi connectivity index (χ0n) is 11.2. The van der Waals surface area contributed by atoms with E-state index >= 15 is 0 Å². The summed E-state index contributed by atoms with van der Waals surface area (Å²) < 4.78 is 25.0. The van der Waals surface area contributed by atoms with E-state index in [2.05, 4.69) is 11.6 Å². The fourth-order valence-electron chi connectivity index (χ4n) is 2.07. The average molecular weight is 292 g/mol. The Labute approximate surface area is 118 Å². The summed E-state index contributed by atoms with van der Waals surface area (Å²) in [6.45, 7) is 3.91. The number of hydrogen-bond donors (Lipinski definition) is 1. The molecule has 1 aromatic heterocycles. The van der Waals surface area contributed by atoms with Crippen LogP contribution in [-0.2, 0) is 10.0 Å². The van der Waals surface area contributed by atoms with Crippen LogP contribution < -0.4 is 4.31 Å². The Bertz CT molecular complexity index is 747. The van der Waals surface area contributed by atoms with Gasteiger partial charge >= 0.3 is 0 Å². The van der Waals surface area contributed by atoms with Crippen molar-refractivity contribution in [1.29, 1.82) is 0 Å². The summed E-state index contributed by atoms with van der Waals surface area (Å²) >= 11 is 0. The van der Waals surface area contributed by atoms with Gasteiger partial charge in [0.25, 0.3) is 0 Å². The van der Waals surface area contributed by atoms with Gasteiger partial charge in [-0.3, -0.25) is 9.10 Å². The van der Waals surface area contributed by atoms with Crippen molar-refractivity contribution in [3.05, 3.63) is 42.5 Å². The van der Waals surface area contributed by atoms with E-state index in [4.69, 9.17) is 0 Å². The first-order valence-corrected chi connectivity index (χ1v) is 7.97. The van der Waals surface area contributed by atoms with Crippen LogP contribution in [0.15, 0.2) is 36.9 Å². The second-order valence-corrected chi connectivity index (χ2v) is 6.40. The summed E-state index contributed by atoms with van der Waals surface area (Å²) in [7, 11) is -3.39. The number of nitrogens with zero attached hydrogens (tertiary/aromatic N) is 1. The van der Waals surface area contributed by atoms with Gasteiger partial charge in [0, 0.05) is 17.5 Å². The van der Waals surface area contributed by atoms with Gasteiger partial charge in [-0.15, -0.1) is 6.58 Å². The smallest absolute Gasteiger partial charge is 0.233 e. The van der Waals surface area contributed by atoms with E-state index in [1.807, 2.05) is 6.07 Å². The van der Waals surface area contributed by atoms with E-state index in [-0.39, 0.29) is 0 Å². The Balaban J connectivity index is 2.54. The van der Waals surface area contributed by atoms with Gasteiger partial charge in [-0.05, 0) is 18.6 Å². The fraction of sp³-hybridized carbons (Fsp3) is 0.214. The number of aromatic amines is 1. The number of fused-ring (bicyclic) bond motifs is 1. The third kappa shape index (κ3) is 2.75. The highest BCUT2D eigenvalue weighted by Crippen LogP contribution is 2.25. The van der Waals surface area contributed by atoms with Gasteiger partial charge in [-0.2, -0.15) is 0 Å². The Kier molecular flexibility index (Phi) is 3.94. The number of carbonyl (C=O) groups is 1. The third-order valence-electron chi connectivity index (χ3n) is 3.01. The van der Waals surface area contributed by atoms with Crippen LogP contribution in [0.25, 0.3) is 10.9 Å². The Morgan fingerprint density at radius 3 is 2.75 bits per heavy atom. The van der Waals surface area contributed by atoms with Crippen molar-refractivity contribution in [2.75, 3.05) is 17.1 Å². The monoisotopic (exact) mass is 292 g/mol. The maximum Gasteiger partial charge on any atom is 0.233 e. The standard InChI is InChI=1S/C14H16N2O3S/c1-3-4-8-16(20(2,18)19)13-9-11-6-5-7-12(10-17)14(11)15-13/h3,5-7,9-10,15H,1,4,8H2,2H3. The number of hydrogen-bond acceptors (Lipinski definition) is 3. The molecule has 5 nitrogen and oxygen atoms in total. The minimum atomic E-state index is -3.39. The first-order valence-electron chi connectivity index (χ1n) is 6.13. The van der Waals surface area contributed by atoms with E-state index in [1.165, 1.54) is 4.31 Å². The number of carbonyl (C=O) groups excluding carboxylic acids is 1. The number of benzene rings is 1. The molecule has 0 unspecified atom stereocenters. The van der Waals surface area contributed by atoms with Crippen LogP contribution in [0.4, 0.5) is 5.82 Å². The lowest BCUT2D eigenvalue weighted by Gasteiger charge is -2.19. The number of rotatable bonds is 6. The van der Waals surface area contributed by atoms with Crippen molar-refractivity contribution < 1.29 is 13.2 Å². The molecule has 0 atom stereocenters. The van der Waals surface area contributed by atoms with Crippen LogP contribution in [0.5, 0.6) is 0 Å². The first-order chi connectivity index (χ1) is 9.47. The second-order valence-electron chi connectivity index (χ2n) is 4.50. The molecule has 1 aromatic carbocycles. The Hall–Kier alpha value is -2.08. The van der Waals surface area contributed by atoms with Gasteiger partial charge in [0.15, 0.2) is 6.29 Å². The molecule has 0 aliphatic carbocycles. The highest BCUT2D eigenvalue weighted by atomic mass is 32.2. The molecule has 0 amide bonds. The molecule has 0 radical (unpaired) electrons. The summed E-state index contributed by atoms with van der Waals surface area (Å²) in [4.78, 5) is 14.0. The van der Waals surface area contributed by atoms with Gasteiger partial charge in [-0.25, -0.2) is 8.42 Å². The van der Waals surface area contributed by atoms with Crippen molar-refractivity contribution >= 4 is 33.0 Å². The zero-order valence-corrected chi connectivity index (χ0v) is 12.0. The van der Waals surface area contributed by atoms with Crippen LogP contribution in [0.3, 0.4) is 0 Å². The quantitative estimate of drug-likeness (QED) is 0.656. The largest absolute Gasteiger partial charge is 0.340 e. The summed E-state index contributed by atoms with van der Waals surface area (Å²) in [6, 6.07) is 7.01. The lowest BCUT2D eigenvalue weighted by atomic mass is 10.2. The van der Waals surface area contributed by atoms with Crippen LogP contribution in [-0.4, -0.2) is 32.5 Å². The highest BCUT2D eigenvalue weighted by Gasteiger charge is 2.19. The molecular weight excluding hydrogens is 276 g/mol. The molecule has 0 bridgehead atoms. The number of sulfonamides is 1. The SMILES string of the molecule is C=CCCN(c1cc2cccc(C=O)c2[nH]1)S(C)(=O)=O. The van der Waals surface area contributed by atoms with Crippen molar-refractivity contribution in [2.24, 2.45) is 0 Å². The Morgan fingerprint density at radius 1 is 1.40 bits per heavy atom. The van der Waals surface area contributed by atoms with Gasteiger partial charge in [0.1, 0.15) is 5.82 Å². The second kappa shape index (κ2) is 5.50. The molecule has 0 saturated heterocycles. The maximum absolute atomic E-state index is 11.9. The minimum Gasteiger partial charge on any atom is -0.340 e. The predicted octanol–water partition coefficient (Wildman–Crippen LogP) is 2.32. The van der Waals surface area contributed by atoms with Crippen molar-refractivity contribution in [1.82, 2.24) is 4.98 Å². The van der Waals surface area contributed by atoms with Crippen LogP contribution in [0, 0.1) is 0 Å². The fourth-order valence-corrected chi connectivity index (χ4v) is 2.96. The summed E-state index contributed by atoms with van der Waals surface area (Å²) in [5.41, 5.74) is 1.15. The molecule has 0 saturated carbocycles. The number of para-hydroxylation sites is 1. The highest BCUT2D eigenvalue weighted by molar-refractivity contribution is 7.92. The predicted molar refractivity (Wildman–Crippen MR) is 80.7 cm³/mol. The summed E-state index contributed by atoms with van der Waals surface area (Å²) in [5.74, 6) is 0.457. The lowest BCUT2D eigenvalue weighted by molar-refractivity contribution is 0.112. The first kappa shape index (κ1) is 14.3. The molecular formula is C14H16N2O3S. The Morgan fingerprint density at radius 2 is 2.15 bits per heavy atom. The normalized spacial score (nSPS) is 11.4. The molecule has 0 spiro atoms. The molecule has 1 heterocycles. The number of aromatic nitrogens is 1. The van der Waals surface area contributed by atoms with E-state index in [0.29, 0.717) is 29.9 Å². The molecule has 106 valence electrons. The van der Waals surface area contributed by atoms with Crippen molar-refractivity contribution in [2.45, 2.75) is 6.42 Å². The van der Waals surface area contributed by atoms with Gasteiger partial charge in [0.05, 0.1) is 11.8 Å². The molecule has 20 heavy (non-hydrogen) atoms. The molecule has 2 rings (SSSR count). The van der Waals surface area contributed by atoms with Gasteiger partial charge < -0.3 is 4.98 Å². The van der Waals surface area contributed by atoms with E-state index in [1.54, 1.807) is 24.3 Å². The third-order valence-corrected chi connectivity index (χ3v) is 4.19. The number of anilines is 1. The van der Waals surface area contributed by atoms with Crippen molar-refractivity contribution in [3.8, 4) is 0 Å². The molecule has 1 N–H and O–H groups in total. The molecule has 2 aromatic rings. The van der Waals surface area contributed by atoms with Crippen LogP contribution in [0.2, 0.25) is 0 Å². The lowest BCUT2D eigenvalue weighted by Crippen LogP contribution is -2.30. The van der Waals surface area contributed by atoms with E-state index in [0.717, 1.165) is 17.9 Å². The molecule has 0 aliphatic rings. The topological polar surface area (TPSA) is 70.2 Å². The summed E-state index contributed by atoms with van der Waals surface area (Å²) in [6.07, 6.45) is 4.11. The molecule has 6 heteroatoms. The molecule has 0 fully saturated rings. The zero-order chi connectivity index (χ0) is 14.8. The minimum absolute atomic E-state index is 0.311. The van der Waals surface area contributed by atoms with Crippen LogP contribution >= 0.6 is 0 Å². The van der Waals surface area contributed by atoms with E-state index in [9.17, 15) is 13.2 Å². The molecule has 0 aliphatic heterocycles. The number of aldehydes is 1. The van der Waals surface area contributed by atoms with Crippen molar-refractivity contribution in [3.63, 3.8) is 0 Å². The van der Waals surface area contributed by atoms with Gasteiger partial charge in [-0.1, -0.05) is 18.2 Å². The number of nitrogens with one attached hydrogen (secondary N) is 1. The van der Waals surface area contributed by atoms with E-state index < -0.39 is 10.0 Å². The van der Waals surface area contributed by atoms with Crippen LogP contribution in [0.1, 0.15) is 16.8 Å². The average Bonchev–Trinajstić information content (AvgIpc) is 2.80.